The zero-order valence-electron chi connectivity index (χ0n) is 6.97. The molecule has 0 spiro atoms. The number of ether oxygens (including phenoxy) is 1. The van der Waals surface area contributed by atoms with Crippen molar-refractivity contribution < 1.29 is 4.74 Å². The van der Waals surface area contributed by atoms with E-state index in [0.717, 1.165) is 11.0 Å². The number of rotatable bonds is 2. The number of nitrogens with zero attached hydrogens (tertiary/aromatic N) is 2. The van der Waals surface area contributed by atoms with Gasteiger partial charge in [0.2, 0.25) is 0 Å². The summed E-state index contributed by atoms with van der Waals surface area (Å²) < 4.78 is 5.19. The minimum atomic E-state index is 0.148. The Kier molecular flexibility index (Phi) is 2.06. The van der Waals surface area contributed by atoms with E-state index in [9.17, 15) is 0 Å². The first-order valence-corrected chi connectivity index (χ1v) is 3.94. The van der Waals surface area contributed by atoms with Gasteiger partial charge < -0.3 is 4.74 Å². The van der Waals surface area contributed by atoms with Crippen molar-refractivity contribution in [1.29, 1.82) is 0 Å². The number of hydrogen-bond acceptors (Lipinski definition) is 4. The number of fused-ring (bicyclic) bond motifs is 1. The van der Waals surface area contributed by atoms with Crippen molar-refractivity contribution in [2.75, 3.05) is 6.73 Å². The van der Waals surface area contributed by atoms with E-state index >= 15 is 0 Å². The Labute approximate surface area is 75.4 Å². The predicted octanol–water partition coefficient (Wildman–Crippen LogP) is 0.925. The van der Waals surface area contributed by atoms with Gasteiger partial charge in [-0.2, -0.15) is 0 Å². The van der Waals surface area contributed by atoms with E-state index in [1.807, 2.05) is 12.1 Å². The Morgan fingerprint density at radius 1 is 1.23 bits per heavy atom. The summed E-state index contributed by atoms with van der Waals surface area (Å²) in [4.78, 5) is 8.30. The zero-order chi connectivity index (χ0) is 9.10. The van der Waals surface area contributed by atoms with E-state index in [1.165, 1.54) is 0 Å². The highest BCUT2D eigenvalue weighted by Crippen LogP contribution is 2.20. The highest BCUT2D eigenvalue weighted by atomic mass is 16.5. The molecule has 4 nitrogen and oxygen atoms in total. The lowest BCUT2D eigenvalue weighted by atomic mass is 10.3. The van der Waals surface area contributed by atoms with E-state index in [4.69, 9.17) is 10.5 Å². The van der Waals surface area contributed by atoms with Gasteiger partial charge in [0.25, 0.3) is 0 Å². The maximum absolute atomic E-state index is 5.28. The highest BCUT2D eigenvalue weighted by Gasteiger charge is 2.01. The molecule has 0 unspecified atom stereocenters. The predicted molar refractivity (Wildman–Crippen MR) is 49.2 cm³/mol. The van der Waals surface area contributed by atoms with Crippen LogP contribution in [0.1, 0.15) is 0 Å². The van der Waals surface area contributed by atoms with Gasteiger partial charge in [-0.05, 0) is 12.1 Å². The average molecular weight is 175 g/mol. The minimum absolute atomic E-state index is 0.148. The van der Waals surface area contributed by atoms with Crippen LogP contribution in [0.5, 0.6) is 5.75 Å². The Morgan fingerprint density at radius 3 is 3.00 bits per heavy atom. The van der Waals surface area contributed by atoms with E-state index in [-0.39, 0.29) is 6.73 Å². The standard InChI is InChI=1S/C9H9N3O/c10-6-13-8-3-5-11-7-2-1-4-12-9(7)8/h1-5H,6,10H2. The van der Waals surface area contributed by atoms with Crippen LogP contribution < -0.4 is 10.5 Å². The molecule has 13 heavy (non-hydrogen) atoms. The van der Waals surface area contributed by atoms with Crippen molar-refractivity contribution in [2.24, 2.45) is 5.73 Å². The summed E-state index contributed by atoms with van der Waals surface area (Å²) >= 11 is 0. The lowest BCUT2D eigenvalue weighted by Crippen LogP contribution is -2.07. The molecule has 0 aliphatic rings. The highest BCUT2D eigenvalue weighted by molar-refractivity contribution is 5.80. The summed E-state index contributed by atoms with van der Waals surface area (Å²) in [6.07, 6.45) is 3.38. The second kappa shape index (κ2) is 3.37. The molecule has 0 aliphatic heterocycles. The fourth-order valence-electron chi connectivity index (χ4n) is 1.16. The van der Waals surface area contributed by atoms with Gasteiger partial charge in [-0.25, -0.2) is 0 Å². The first-order chi connectivity index (χ1) is 6.42. The van der Waals surface area contributed by atoms with Crippen LogP contribution in [0.3, 0.4) is 0 Å². The van der Waals surface area contributed by atoms with Crippen LogP contribution in [0.4, 0.5) is 0 Å². The van der Waals surface area contributed by atoms with Crippen LogP contribution in [0, 0.1) is 0 Å². The first-order valence-electron chi connectivity index (χ1n) is 3.94. The number of hydrogen-bond donors (Lipinski definition) is 1. The lowest BCUT2D eigenvalue weighted by Gasteiger charge is -2.04. The Morgan fingerprint density at radius 2 is 2.15 bits per heavy atom. The van der Waals surface area contributed by atoms with Crippen molar-refractivity contribution >= 4 is 11.0 Å². The zero-order valence-corrected chi connectivity index (χ0v) is 6.97. The van der Waals surface area contributed by atoms with E-state index in [0.29, 0.717) is 5.75 Å². The minimum Gasteiger partial charge on any atom is -0.476 e. The van der Waals surface area contributed by atoms with Crippen LogP contribution in [-0.4, -0.2) is 16.7 Å². The summed E-state index contributed by atoms with van der Waals surface area (Å²) in [5.41, 5.74) is 6.84. The SMILES string of the molecule is NCOc1ccnc2cccnc12. The molecule has 2 aromatic rings. The van der Waals surface area contributed by atoms with Crippen LogP contribution in [0.25, 0.3) is 11.0 Å². The molecule has 2 heterocycles. The molecule has 0 atom stereocenters. The monoisotopic (exact) mass is 175 g/mol. The maximum atomic E-state index is 5.28. The molecule has 0 fully saturated rings. The van der Waals surface area contributed by atoms with Gasteiger partial charge in [-0.1, -0.05) is 0 Å². The second-order valence-corrected chi connectivity index (χ2v) is 2.49. The quantitative estimate of drug-likeness (QED) is 0.689. The Balaban J connectivity index is 2.61. The third-order valence-corrected chi connectivity index (χ3v) is 1.70. The van der Waals surface area contributed by atoms with Gasteiger partial charge in [0.15, 0.2) is 5.75 Å². The van der Waals surface area contributed by atoms with Gasteiger partial charge in [0, 0.05) is 18.5 Å². The van der Waals surface area contributed by atoms with Crippen LogP contribution in [0.15, 0.2) is 30.6 Å². The molecule has 0 aromatic carbocycles. The van der Waals surface area contributed by atoms with E-state index in [1.54, 1.807) is 18.5 Å². The third kappa shape index (κ3) is 1.43. The molecule has 0 saturated heterocycles. The number of pyridine rings is 2. The molecule has 0 saturated carbocycles. The second-order valence-electron chi connectivity index (χ2n) is 2.49. The van der Waals surface area contributed by atoms with Gasteiger partial charge >= 0.3 is 0 Å². The summed E-state index contributed by atoms with van der Waals surface area (Å²) in [6.45, 7) is 0.148. The third-order valence-electron chi connectivity index (χ3n) is 1.70. The molecule has 2 N–H and O–H groups in total. The van der Waals surface area contributed by atoms with Gasteiger partial charge in [0.1, 0.15) is 12.2 Å². The fourth-order valence-corrected chi connectivity index (χ4v) is 1.16. The molecule has 0 aliphatic carbocycles. The summed E-state index contributed by atoms with van der Waals surface area (Å²) in [5, 5.41) is 0. The topological polar surface area (TPSA) is 61.0 Å². The van der Waals surface area contributed by atoms with Crippen LogP contribution in [0.2, 0.25) is 0 Å². The lowest BCUT2D eigenvalue weighted by molar-refractivity contribution is 0.333. The maximum Gasteiger partial charge on any atom is 0.150 e. The summed E-state index contributed by atoms with van der Waals surface area (Å²) in [6, 6.07) is 5.47. The van der Waals surface area contributed by atoms with Crippen LogP contribution in [-0.2, 0) is 0 Å². The molecule has 2 aromatic heterocycles. The van der Waals surface area contributed by atoms with Crippen molar-refractivity contribution in [2.45, 2.75) is 0 Å². The van der Waals surface area contributed by atoms with Crippen molar-refractivity contribution in [3.63, 3.8) is 0 Å². The molecular formula is C9H9N3O. The molecule has 0 radical (unpaired) electrons. The number of aromatic nitrogens is 2. The van der Waals surface area contributed by atoms with Gasteiger partial charge in [-0.3, -0.25) is 15.7 Å². The number of nitrogens with two attached hydrogens (primary N) is 1. The molecular weight excluding hydrogens is 166 g/mol. The van der Waals surface area contributed by atoms with E-state index < -0.39 is 0 Å². The van der Waals surface area contributed by atoms with Gasteiger partial charge in [-0.15, -0.1) is 0 Å². The molecule has 0 amide bonds. The molecule has 66 valence electrons. The Hall–Kier alpha value is -1.68. The largest absolute Gasteiger partial charge is 0.476 e. The molecule has 2 rings (SSSR count). The molecule has 4 heteroatoms. The van der Waals surface area contributed by atoms with Crippen LogP contribution >= 0.6 is 0 Å². The van der Waals surface area contributed by atoms with Gasteiger partial charge in [0.05, 0.1) is 5.52 Å². The fraction of sp³-hybridized carbons (Fsp3) is 0.111. The Bertz CT molecular complexity index is 411. The normalized spacial score (nSPS) is 10.2. The summed E-state index contributed by atoms with van der Waals surface area (Å²) in [7, 11) is 0. The smallest absolute Gasteiger partial charge is 0.150 e. The van der Waals surface area contributed by atoms with Crippen molar-refractivity contribution in [3.05, 3.63) is 30.6 Å². The summed E-state index contributed by atoms with van der Waals surface area (Å²) in [5.74, 6) is 0.674. The van der Waals surface area contributed by atoms with E-state index in [2.05, 4.69) is 9.97 Å². The molecule has 0 bridgehead atoms. The first kappa shape index (κ1) is 7.94. The van der Waals surface area contributed by atoms with Crippen molar-refractivity contribution in [3.8, 4) is 5.75 Å². The average Bonchev–Trinajstić information content (AvgIpc) is 2.19. The van der Waals surface area contributed by atoms with Crippen molar-refractivity contribution in [1.82, 2.24) is 9.97 Å².